The van der Waals surface area contributed by atoms with Crippen molar-refractivity contribution in [2.45, 2.75) is 11.0 Å². The van der Waals surface area contributed by atoms with Gasteiger partial charge in [0.1, 0.15) is 10.7 Å². The second-order valence-electron chi connectivity index (χ2n) is 4.46. The van der Waals surface area contributed by atoms with Crippen molar-refractivity contribution in [1.82, 2.24) is 4.72 Å². The molecule has 21 heavy (non-hydrogen) atoms. The third-order valence-electron chi connectivity index (χ3n) is 2.91. The Kier molecular flexibility index (Phi) is 4.56. The summed E-state index contributed by atoms with van der Waals surface area (Å²) in [6.07, 6.45) is -0.984. The first-order valence-electron chi connectivity index (χ1n) is 6.18. The van der Waals surface area contributed by atoms with E-state index in [0.717, 1.165) is 18.2 Å². The summed E-state index contributed by atoms with van der Waals surface area (Å²) in [5.74, 6) is -0.615. The van der Waals surface area contributed by atoms with E-state index in [1.165, 1.54) is 0 Å². The van der Waals surface area contributed by atoms with Crippen LogP contribution in [0.2, 0.25) is 0 Å². The summed E-state index contributed by atoms with van der Waals surface area (Å²) in [5, 5.41) is 9.93. The Bertz CT molecular complexity index is 720. The van der Waals surface area contributed by atoms with Crippen LogP contribution in [0.15, 0.2) is 53.4 Å². The van der Waals surface area contributed by atoms with Gasteiger partial charge in [-0.1, -0.05) is 30.3 Å². The molecule has 5 nitrogen and oxygen atoms in total. The van der Waals surface area contributed by atoms with Gasteiger partial charge < -0.3 is 10.8 Å². The molecular formula is C14H15FN2O3S. The van der Waals surface area contributed by atoms with E-state index in [0.29, 0.717) is 5.56 Å². The molecule has 0 spiro atoms. The number of hydrogen-bond donors (Lipinski definition) is 3. The molecule has 0 saturated heterocycles. The Balaban J connectivity index is 2.11. The third-order valence-corrected chi connectivity index (χ3v) is 4.41. The van der Waals surface area contributed by atoms with Crippen molar-refractivity contribution < 1.29 is 17.9 Å². The largest absolute Gasteiger partial charge is 0.398 e. The molecule has 0 aliphatic heterocycles. The number of anilines is 1. The molecule has 2 rings (SSSR count). The molecule has 0 bridgehead atoms. The molecule has 2 aromatic carbocycles. The van der Waals surface area contributed by atoms with Crippen molar-refractivity contribution in [3.63, 3.8) is 0 Å². The number of halogens is 1. The van der Waals surface area contributed by atoms with E-state index in [4.69, 9.17) is 5.73 Å². The monoisotopic (exact) mass is 310 g/mol. The number of nitrogens with two attached hydrogens (primary N) is 1. The fourth-order valence-electron chi connectivity index (χ4n) is 1.82. The minimum atomic E-state index is -3.91. The first-order chi connectivity index (χ1) is 9.90. The smallest absolute Gasteiger partial charge is 0.242 e. The van der Waals surface area contributed by atoms with Crippen LogP contribution in [0.25, 0.3) is 0 Å². The second-order valence-corrected chi connectivity index (χ2v) is 6.20. The standard InChI is InChI=1S/C14H15FN2O3S/c15-11-6-7-14(12(16)8-11)21(19,20)17-9-13(18)10-4-2-1-3-5-10/h1-8,13,17-18H,9,16H2. The fraction of sp³-hybridized carbons (Fsp3) is 0.143. The number of rotatable bonds is 5. The molecule has 2 aromatic rings. The van der Waals surface area contributed by atoms with Gasteiger partial charge in [0.25, 0.3) is 0 Å². The van der Waals surface area contributed by atoms with Gasteiger partial charge in [0, 0.05) is 6.54 Å². The fourth-order valence-corrected chi connectivity index (χ4v) is 2.97. The Labute approximate surface area is 122 Å². The molecule has 7 heteroatoms. The SMILES string of the molecule is Nc1cc(F)ccc1S(=O)(=O)NCC(O)c1ccccc1. The molecule has 1 unspecified atom stereocenters. The number of sulfonamides is 1. The average Bonchev–Trinajstić information content (AvgIpc) is 2.45. The lowest BCUT2D eigenvalue weighted by Gasteiger charge is -2.13. The highest BCUT2D eigenvalue weighted by Crippen LogP contribution is 2.19. The molecule has 0 aromatic heterocycles. The third kappa shape index (κ3) is 3.78. The zero-order chi connectivity index (χ0) is 15.5. The number of nitrogens with one attached hydrogen (secondary N) is 1. The van der Waals surface area contributed by atoms with E-state index in [9.17, 15) is 17.9 Å². The molecule has 0 saturated carbocycles. The highest BCUT2D eigenvalue weighted by atomic mass is 32.2. The van der Waals surface area contributed by atoms with E-state index >= 15 is 0 Å². The first kappa shape index (κ1) is 15.4. The first-order valence-corrected chi connectivity index (χ1v) is 7.66. The summed E-state index contributed by atoms with van der Waals surface area (Å²) >= 11 is 0. The van der Waals surface area contributed by atoms with Crippen molar-refractivity contribution in [3.8, 4) is 0 Å². The van der Waals surface area contributed by atoms with E-state index in [2.05, 4.69) is 4.72 Å². The molecule has 0 radical (unpaired) electrons. The molecule has 112 valence electrons. The average molecular weight is 310 g/mol. The Hall–Kier alpha value is -1.96. The minimum Gasteiger partial charge on any atom is -0.398 e. The van der Waals surface area contributed by atoms with Crippen LogP contribution in [0.5, 0.6) is 0 Å². The van der Waals surface area contributed by atoms with E-state index < -0.39 is 21.9 Å². The summed E-state index contributed by atoms with van der Waals surface area (Å²) in [6.45, 7) is -0.205. The van der Waals surface area contributed by atoms with Crippen LogP contribution in [0.4, 0.5) is 10.1 Å². The molecule has 0 amide bonds. The maximum absolute atomic E-state index is 12.9. The van der Waals surface area contributed by atoms with Crippen LogP contribution in [-0.4, -0.2) is 20.1 Å². The van der Waals surface area contributed by atoms with Crippen LogP contribution in [-0.2, 0) is 10.0 Å². The van der Waals surface area contributed by atoms with Gasteiger partial charge in [-0.25, -0.2) is 17.5 Å². The van der Waals surface area contributed by atoms with Gasteiger partial charge in [-0.05, 0) is 23.8 Å². The number of nitrogen functional groups attached to an aromatic ring is 1. The Morgan fingerprint density at radius 2 is 1.86 bits per heavy atom. The summed E-state index contributed by atoms with van der Waals surface area (Å²) in [7, 11) is -3.91. The zero-order valence-electron chi connectivity index (χ0n) is 11.0. The quantitative estimate of drug-likeness (QED) is 0.728. The molecule has 0 aliphatic rings. The maximum atomic E-state index is 12.9. The number of aliphatic hydroxyl groups excluding tert-OH is 1. The van der Waals surface area contributed by atoms with Crippen molar-refractivity contribution >= 4 is 15.7 Å². The van der Waals surface area contributed by atoms with E-state index in [-0.39, 0.29) is 17.1 Å². The maximum Gasteiger partial charge on any atom is 0.242 e. The molecule has 0 heterocycles. The van der Waals surface area contributed by atoms with Gasteiger partial charge in [-0.2, -0.15) is 0 Å². The number of hydrogen-bond acceptors (Lipinski definition) is 4. The topological polar surface area (TPSA) is 92.4 Å². The van der Waals surface area contributed by atoms with Gasteiger partial charge in [0.15, 0.2) is 0 Å². The van der Waals surface area contributed by atoms with Gasteiger partial charge in [0.05, 0.1) is 11.8 Å². The summed E-state index contributed by atoms with van der Waals surface area (Å²) < 4.78 is 39.3. The van der Waals surface area contributed by atoms with Crippen molar-refractivity contribution in [1.29, 1.82) is 0 Å². The summed E-state index contributed by atoms with van der Waals surface area (Å²) in [6, 6.07) is 11.7. The Morgan fingerprint density at radius 1 is 1.19 bits per heavy atom. The Morgan fingerprint density at radius 3 is 2.48 bits per heavy atom. The summed E-state index contributed by atoms with van der Waals surface area (Å²) in [4.78, 5) is -0.218. The molecule has 0 aliphatic carbocycles. The van der Waals surface area contributed by atoms with E-state index in [1.807, 2.05) is 0 Å². The molecular weight excluding hydrogens is 295 g/mol. The van der Waals surface area contributed by atoms with Gasteiger partial charge in [-0.15, -0.1) is 0 Å². The lowest BCUT2D eigenvalue weighted by atomic mass is 10.1. The van der Waals surface area contributed by atoms with Crippen LogP contribution in [0.3, 0.4) is 0 Å². The summed E-state index contributed by atoms with van der Waals surface area (Å²) in [5.41, 5.74) is 5.91. The second kappa shape index (κ2) is 6.21. The van der Waals surface area contributed by atoms with Crippen LogP contribution < -0.4 is 10.5 Å². The predicted octanol–water partition coefficient (Wildman–Crippen LogP) is 1.42. The van der Waals surface area contributed by atoms with Crippen molar-refractivity contribution in [2.75, 3.05) is 12.3 Å². The van der Waals surface area contributed by atoms with Gasteiger partial charge >= 0.3 is 0 Å². The molecule has 0 fully saturated rings. The molecule has 1 atom stereocenters. The van der Waals surface area contributed by atoms with Crippen LogP contribution in [0.1, 0.15) is 11.7 Å². The van der Waals surface area contributed by atoms with Crippen molar-refractivity contribution in [3.05, 3.63) is 59.9 Å². The highest BCUT2D eigenvalue weighted by Gasteiger charge is 2.19. The van der Waals surface area contributed by atoms with E-state index in [1.54, 1.807) is 30.3 Å². The number of benzene rings is 2. The normalized spacial score (nSPS) is 13.0. The lowest BCUT2D eigenvalue weighted by molar-refractivity contribution is 0.182. The zero-order valence-corrected chi connectivity index (χ0v) is 11.8. The number of aliphatic hydroxyl groups is 1. The van der Waals surface area contributed by atoms with Crippen molar-refractivity contribution in [2.24, 2.45) is 0 Å². The van der Waals surface area contributed by atoms with Gasteiger partial charge in [-0.3, -0.25) is 0 Å². The predicted molar refractivity (Wildman–Crippen MR) is 77.4 cm³/mol. The van der Waals surface area contributed by atoms with Crippen LogP contribution >= 0.6 is 0 Å². The van der Waals surface area contributed by atoms with Gasteiger partial charge in [0.2, 0.25) is 10.0 Å². The highest BCUT2D eigenvalue weighted by molar-refractivity contribution is 7.89. The minimum absolute atomic E-state index is 0.184. The van der Waals surface area contributed by atoms with Crippen LogP contribution in [0, 0.1) is 5.82 Å². The molecule has 4 N–H and O–H groups in total. The lowest BCUT2D eigenvalue weighted by Crippen LogP contribution is -2.29.